The third-order valence-corrected chi connectivity index (χ3v) is 8.48. The van der Waals surface area contributed by atoms with Crippen LogP contribution in [0.4, 0.5) is 5.69 Å². The second-order valence-electron chi connectivity index (χ2n) is 8.93. The third kappa shape index (κ3) is 5.20. The van der Waals surface area contributed by atoms with Crippen LogP contribution in [0.5, 0.6) is 0 Å². The lowest BCUT2D eigenvalue weighted by molar-refractivity contribution is -0.140. The van der Waals surface area contributed by atoms with Gasteiger partial charge in [0.05, 0.1) is 10.6 Å². The van der Waals surface area contributed by atoms with Gasteiger partial charge in [0.1, 0.15) is 6.04 Å². The summed E-state index contributed by atoms with van der Waals surface area (Å²) in [5.74, 6) is -0.446. The van der Waals surface area contributed by atoms with E-state index in [-0.39, 0.29) is 31.3 Å². The minimum atomic E-state index is -3.68. The number of rotatable bonds is 10. The molecule has 0 bridgehead atoms. The highest BCUT2D eigenvalue weighted by atomic mass is 35.5. The summed E-state index contributed by atoms with van der Waals surface area (Å²) in [6.45, 7) is 4.60. The van der Waals surface area contributed by atoms with Gasteiger partial charge in [-0.25, -0.2) is 8.42 Å². The summed E-state index contributed by atoms with van der Waals surface area (Å²) in [6.07, 6.45) is 1.21. The fourth-order valence-electron chi connectivity index (χ4n) is 4.53. The second kappa shape index (κ2) is 10.9. The molecule has 0 aromatic heterocycles. The number of hydrogen-bond donors (Lipinski definition) is 1. The molecule has 1 atom stereocenters. The Morgan fingerprint density at radius 2 is 1.81 bits per heavy atom. The average Bonchev–Trinajstić information content (AvgIpc) is 3.08. The van der Waals surface area contributed by atoms with Gasteiger partial charge in [0.2, 0.25) is 11.8 Å². The van der Waals surface area contributed by atoms with Crippen molar-refractivity contribution in [1.82, 2.24) is 10.2 Å². The van der Waals surface area contributed by atoms with Crippen molar-refractivity contribution in [3.8, 4) is 0 Å². The molecule has 0 radical (unpaired) electrons. The molecule has 3 aromatic carbocycles. The molecule has 0 aliphatic carbocycles. The van der Waals surface area contributed by atoms with Gasteiger partial charge in [0, 0.05) is 36.5 Å². The van der Waals surface area contributed by atoms with Crippen LogP contribution in [0.15, 0.2) is 65.6 Å². The first kappa shape index (κ1) is 26.0. The van der Waals surface area contributed by atoms with Gasteiger partial charge < -0.3 is 10.2 Å². The number of halogens is 1. The Labute approximate surface area is 217 Å². The van der Waals surface area contributed by atoms with Crippen LogP contribution in [-0.2, 0) is 26.2 Å². The van der Waals surface area contributed by atoms with E-state index in [9.17, 15) is 18.0 Å². The molecular formula is C27H30ClN3O4S. The molecule has 4 rings (SSSR count). The fourth-order valence-corrected chi connectivity index (χ4v) is 6.49. The summed E-state index contributed by atoms with van der Waals surface area (Å²) < 4.78 is 27.8. The second-order valence-corrected chi connectivity index (χ2v) is 11.2. The van der Waals surface area contributed by atoms with E-state index in [0.29, 0.717) is 28.6 Å². The zero-order valence-electron chi connectivity index (χ0n) is 20.4. The van der Waals surface area contributed by atoms with E-state index in [1.165, 1.54) is 9.21 Å². The van der Waals surface area contributed by atoms with Crippen molar-refractivity contribution in [2.24, 2.45) is 0 Å². The number of carbonyl (C=O) groups excluding carboxylic acids is 2. The molecule has 0 fully saturated rings. The normalized spacial score (nSPS) is 14.6. The van der Waals surface area contributed by atoms with E-state index in [1.54, 1.807) is 43.3 Å². The molecule has 0 spiro atoms. The van der Waals surface area contributed by atoms with Crippen molar-refractivity contribution >= 4 is 49.9 Å². The molecule has 1 aliphatic rings. The SMILES string of the molecule is CCCNC(=O)C(C)N(Cc1cccc(Cl)c1)C(=O)CCCN1c2cccc3cccc(c23)S1(=O)=O. The van der Waals surface area contributed by atoms with E-state index in [4.69, 9.17) is 11.6 Å². The Morgan fingerprint density at radius 3 is 2.53 bits per heavy atom. The predicted molar refractivity (Wildman–Crippen MR) is 142 cm³/mol. The summed E-state index contributed by atoms with van der Waals surface area (Å²) >= 11 is 6.13. The van der Waals surface area contributed by atoms with Crippen molar-refractivity contribution in [3.63, 3.8) is 0 Å². The number of benzene rings is 3. The van der Waals surface area contributed by atoms with Gasteiger partial charge in [0.25, 0.3) is 10.0 Å². The monoisotopic (exact) mass is 527 g/mol. The fraction of sp³-hybridized carbons (Fsp3) is 0.333. The van der Waals surface area contributed by atoms with E-state index >= 15 is 0 Å². The predicted octanol–water partition coefficient (Wildman–Crippen LogP) is 4.73. The quantitative estimate of drug-likeness (QED) is 0.413. The number of nitrogens with one attached hydrogen (secondary N) is 1. The number of carbonyl (C=O) groups is 2. The third-order valence-electron chi connectivity index (χ3n) is 6.39. The maximum atomic E-state index is 13.3. The molecule has 36 heavy (non-hydrogen) atoms. The number of sulfonamides is 1. The van der Waals surface area contributed by atoms with Gasteiger partial charge in [-0.2, -0.15) is 0 Å². The molecule has 0 saturated heterocycles. The van der Waals surface area contributed by atoms with E-state index < -0.39 is 16.1 Å². The van der Waals surface area contributed by atoms with Crippen LogP contribution < -0.4 is 9.62 Å². The smallest absolute Gasteiger partial charge is 0.265 e. The molecule has 7 nitrogen and oxygen atoms in total. The van der Waals surface area contributed by atoms with E-state index in [2.05, 4.69) is 5.32 Å². The van der Waals surface area contributed by atoms with Crippen molar-refractivity contribution in [2.75, 3.05) is 17.4 Å². The van der Waals surface area contributed by atoms with Crippen LogP contribution in [-0.4, -0.2) is 44.3 Å². The zero-order valence-corrected chi connectivity index (χ0v) is 22.0. The lowest BCUT2D eigenvalue weighted by atomic mass is 10.1. The van der Waals surface area contributed by atoms with Gasteiger partial charge in [-0.15, -0.1) is 0 Å². The Kier molecular flexibility index (Phi) is 7.85. The molecule has 1 aliphatic heterocycles. The first-order valence-electron chi connectivity index (χ1n) is 12.1. The van der Waals surface area contributed by atoms with Crippen LogP contribution in [0, 0.1) is 0 Å². The van der Waals surface area contributed by atoms with E-state index in [0.717, 1.165) is 22.8 Å². The Bertz CT molecular complexity index is 1390. The van der Waals surface area contributed by atoms with Gasteiger partial charge in [-0.3, -0.25) is 13.9 Å². The summed E-state index contributed by atoms with van der Waals surface area (Å²) in [4.78, 5) is 27.9. The highest BCUT2D eigenvalue weighted by molar-refractivity contribution is 7.93. The summed E-state index contributed by atoms with van der Waals surface area (Å²) in [7, 11) is -3.68. The minimum absolute atomic E-state index is 0.101. The van der Waals surface area contributed by atoms with Crippen molar-refractivity contribution in [2.45, 2.75) is 50.6 Å². The minimum Gasteiger partial charge on any atom is -0.354 e. The molecule has 1 N–H and O–H groups in total. The standard InChI is InChI=1S/C27H30ClN3O4S/c1-3-15-29-27(33)19(2)30(18-20-8-4-11-22(28)17-20)25(32)14-7-16-31-23-12-5-9-21-10-6-13-24(26(21)23)36(31,34)35/h4-6,8-13,17,19H,3,7,14-16,18H2,1-2H3,(H,29,33). The van der Waals surface area contributed by atoms with Crippen LogP contribution in [0.25, 0.3) is 10.8 Å². The molecular weight excluding hydrogens is 498 g/mol. The van der Waals surface area contributed by atoms with Crippen molar-refractivity contribution in [1.29, 1.82) is 0 Å². The Hall–Kier alpha value is -3.10. The van der Waals surface area contributed by atoms with Gasteiger partial charge in [-0.1, -0.05) is 54.9 Å². The molecule has 1 heterocycles. The highest BCUT2D eigenvalue weighted by Crippen LogP contribution is 2.42. The molecule has 190 valence electrons. The lowest BCUT2D eigenvalue weighted by Gasteiger charge is -2.29. The van der Waals surface area contributed by atoms with Gasteiger partial charge >= 0.3 is 0 Å². The number of amides is 2. The first-order valence-corrected chi connectivity index (χ1v) is 13.9. The Morgan fingerprint density at radius 1 is 1.08 bits per heavy atom. The van der Waals surface area contributed by atoms with Crippen LogP contribution in [0.3, 0.4) is 0 Å². The largest absolute Gasteiger partial charge is 0.354 e. The summed E-state index contributed by atoms with van der Waals surface area (Å²) in [6, 6.07) is 17.3. The number of hydrogen-bond acceptors (Lipinski definition) is 4. The Balaban J connectivity index is 1.49. The maximum Gasteiger partial charge on any atom is 0.265 e. The van der Waals surface area contributed by atoms with Crippen LogP contribution in [0.1, 0.15) is 38.7 Å². The summed E-state index contributed by atoms with van der Waals surface area (Å²) in [5.41, 5.74) is 1.45. The highest BCUT2D eigenvalue weighted by Gasteiger charge is 2.35. The number of anilines is 1. The van der Waals surface area contributed by atoms with Crippen molar-refractivity contribution < 1.29 is 18.0 Å². The average molecular weight is 528 g/mol. The molecule has 1 unspecified atom stereocenters. The van der Waals surface area contributed by atoms with Crippen LogP contribution >= 0.6 is 11.6 Å². The molecule has 2 amide bonds. The maximum absolute atomic E-state index is 13.3. The number of nitrogens with zero attached hydrogens (tertiary/aromatic N) is 2. The van der Waals surface area contributed by atoms with E-state index in [1.807, 2.05) is 31.2 Å². The topological polar surface area (TPSA) is 86.8 Å². The molecule has 9 heteroatoms. The molecule has 0 saturated carbocycles. The van der Waals surface area contributed by atoms with Crippen molar-refractivity contribution in [3.05, 3.63) is 71.2 Å². The summed E-state index contributed by atoms with van der Waals surface area (Å²) in [5, 5.41) is 4.99. The zero-order chi connectivity index (χ0) is 25.9. The van der Waals surface area contributed by atoms with Crippen LogP contribution in [0.2, 0.25) is 5.02 Å². The van der Waals surface area contributed by atoms with Gasteiger partial charge in [0.15, 0.2) is 0 Å². The first-order chi connectivity index (χ1) is 17.2. The molecule has 3 aromatic rings. The lowest BCUT2D eigenvalue weighted by Crippen LogP contribution is -2.47. The van der Waals surface area contributed by atoms with Gasteiger partial charge in [-0.05, 0) is 55.0 Å².